The van der Waals surface area contributed by atoms with Gasteiger partial charge in [0.2, 0.25) is 0 Å². The lowest BCUT2D eigenvalue weighted by molar-refractivity contribution is -0.141. The van der Waals surface area contributed by atoms with E-state index in [1.807, 2.05) is 13.8 Å². The lowest BCUT2D eigenvalue weighted by Gasteiger charge is -2.12. The Bertz CT molecular complexity index is 393. The molecule has 1 aromatic heterocycles. The van der Waals surface area contributed by atoms with Crippen molar-refractivity contribution < 1.29 is 9.90 Å². The van der Waals surface area contributed by atoms with Crippen molar-refractivity contribution in [2.45, 2.75) is 47.0 Å². The summed E-state index contributed by atoms with van der Waals surface area (Å²) in [5.41, 5.74) is 2.79. The van der Waals surface area contributed by atoms with Crippen LogP contribution in [-0.2, 0) is 17.6 Å². The number of carbonyl (C=O) groups is 1. The monoisotopic (exact) mass is 236 g/mol. The van der Waals surface area contributed by atoms with E-state index >= 15 is 0 Å². The van der Waals surface area contributed by atoms with Gasteiger partial charge in [-0.05, 0) is 32.3 Å². The minimum absolute atomic E-state index is 0.395. The Kier molecular flexibility index (Phi) is 4.61. The van der Waals surface area contributed by atoms with Crippen molar-refractivity contribution in [3.8, 4) is 0 Å². The molecule has 1 unspecified atom stereocenters. The Balaban J connectivity index is 2.97. The third-order valence-corrected chi connectivity index (χ3v) is 2.87. The number of rotatable bonds is 5. The smallest absolute Gasteiger partial charge is 0.306 e. The molecule has 1 N–H and O–H groups in total. The Labute approximate surface area is 102 Å². The topological polar surface area (TPSA) is 63.1 Å². The molecule has 0 bridgehead atoms. The van der Waals surface area contributed by atoms with E-state index in [-0.39, 0.29) is 0 Å². The van der Waals surface area contributed by atoms with Gasteiger partial charge in [-0.1, -0.05) is 13.8 Å². The van der Waals surface area contributed by atoms with E-state index in [0.29, 0.717) is 6.42 Å². The highest BCUT2D eigenvalue weighted by Gasteiger charge is 2.16. The van der Waals surface area contributed by atoms with Crippen molar-refractivity contribution in [3.63, 3.8) is 0 Å². The molecule has 0 radical (unpaired) electrons. The molecule has 1 atom stereocenters. The summed E-state index contributed by atoms with van der Waals surface area (Å²) in [6.07, 6.45) is 2.39. The molecule has 94 valence electrons. The summed E-state index contributed by atoms with van der Waals surface area (Å²) in [7, 11) is 0. The third kappa shape index (κ3) is 3.51. The SMILES string of the molecule is CCCc1nc(C)c(CC(C)C(=O)O)c(C)n1. The molecule has 4 heteroatoms. The fourth-order valence-electron chi connectivity index (χ4n) is 1.83. The average Bonchev–Trinajstić information content (AvgIpc) is 2.23. The predicted octanol–water partition coefficient (Wildman–Crippen LogP) is 2.31. The maximum Gasteiger partial charge on any atom is 0.306 e. The second-order valence-electron chi connectivity index (χ2n) is 4.48. The Morgan fingerprint density at radius 2 is 1.82 bits per heavy atom. The van der Waals surface area contributed by atoms with E-state index in [2.05, 4.69) is 16.9 Å². The molecule has 0 saturated heterocycles. The zero-order valence-electron chi connectivity index (χ0n) is 10.9. The Morgan fingerprint density at radius 3 is 2.24 bits per heavy atom. The molecule has 0 saturated carbocycles. The first-order valence-corrected chi connectivity index (χ1v) is 6.01. The minimum Gasteiger partial charge on any atom is -0.481 e. The third-order valence-electron chi connectivity index (χ3n) is 2.87. The zero-order valence-corrected chi connectivity index (χ0v) is 10.9. The summed E-state index contributed by atoms with van der Waals surface area (Å²) in [6.45, 7) is 7.66. The molecular weight excluding hydrogens is 216 g/mol. The van der Waals surface area contributed by atoms with E-state index in [1.54, 1.807) is 6.92 Å². The molecule has 0 aliphatic heterocycles. The van der Waals surface area contributed by atoms with Crippen LogP contribution in [0.3, 0.4) is 0 Å². The first-order valence-electron chi connectivity index (χ1n) is 6.01. The molecule has 0 aromatic carbocycles. The highest BCUT2D eigenvalue weighted by molar-refractivity contribution is 5.70. The number of hydrogen-bond donors (Lipinski definition) is 1. The summed E-state index contributed by atoms with van der Waals surface area (Å²) in [5, 5.41) is 8.92. The van der Waals surface area contributed by atoms with E-state index in [0.717, 1.165) is 35.6 Å². The first kappa shape index (κ1) is 13.6. The molecule has 0 aliphatic carbocycles. The maximum atomic E-state index is 10.9. The summed E-state index contributed by atoms with van der Waals surface area (Å²) >= 11 is 0. The Morgan fingerprint density at radius 1 is 1.29 bits per heavy atom. The van der Waals surface area contributed by atoms with Gasteiger partial charge in [0.25, 0.3) is 0 Å². The van der Waals surface area contributed by atoms with Crippen LogP contribution >= 0.6 is 0 Å². The molecule has 4 nitrogen and oxygen atoms in total. The standard InChI is InChI=1S/C13H20N2O2/c1-5-6-12-14-9(3)11(10(4)15-12)7-8(2)13(16)17/h8H,5-7H2,1-4H3,(H,16,17). The Hall–Kier alpha value is -1.45. The summed E-state index contributed by atoms with van der Waals surface area (Å²) < 4.78 is 0. The van der Waals surface area contributed by atoms with Crippen LogP contribution in [0.2, 0.25) is 0 Å². The molecule has 0 spiro atoms. The maximum absolute atomic E-state index is 10.9. The van der Waals surface area contributed by atoms with Crippen LogP contribution in [0.15, 0.2) is 0 Å². The van der Waals surface area contributed by atoms with E-state index in [1.165, 1.54) is 0 Å². The number of nitrogens with zero attached hydrogens (tertiary/aromatic N) is 2. The van der Waals surface area contributed by atoms with Crippen LogP contribution in [0.25, 0.3) is 0 Å². The van der Waals surface area contributed by atoms with Gasteiger partial charge in [0.05, 0.1) is 5.92 Å². The second kappa shape index (κ2) is 5.75. The molecule has 1 aromatic rings. The van der Waals surface area contributed by atoms with Crippen molar-refractivity contribution in [1.82, 2.24) is 9.97 Å². The molecule has 0 aliphatic rings. The number of carboxylic acids is 1. The van der Waals surface area contributed by atoms with Gasteiger partial charge in [0.15, 0.2) is 0 Å². The average molecular weight is 236 g/mol. The van der Waals surface area contributed by atoms with Gasteiger partial charge in [0, 0.05) is 17.8 Å². The van der Waals surface area contributed by atoms with Crippen molar-refractivity contribution >= 4 is 5.97 Å². The van der Waals surface area contributed by atoms with Gasteiger partial charge in [-0.15, -0.1) is 0 Å². The lowest BCUT2D eigenvalue weighted by atomic mass is 9.99. The van der Waals surface area contributed by atoms with Gasteiger partial charge in [-0.25, -0.2) is 9.97 Å². The number of aliphatic carboxylic acids is 1. The van der Waals surface area contributed by atoms with Crippen molar-refractivity contribution in [1.29, 1.82) is 0 Å². The normalized spacial score (nSPS) is 12.5. The summed E-state index contributed by atoms with van der Waals surface area (Å²) in [5.74, 6) is -0.316. The fourth-order valence-corrected chi connectivity index (χ4v) is 1.83. The van der Waals surface area contributed by atoms with Crippen LogP contribution < -0.4 is 0 Å². The van der Waals surface area contributed by atoms with Gasteiger partial charge < -0.3 is 5.11 Å². The largest absolute Gasteiger partial charge is 0.481 e. The van der Waals surface area contributed by atoms with Crippen LogP contribution in [0.5, 0.6) is 0 Å². The van der Waals surface area contributed by atoms with E-state index < -0.39 is 11.9 Å². The predicted molar refractivity (Wildman–Crippen MR) is 66.0 cm³/mol. The first-order chi connectivity index (χ1) is 7.95. The van der Waals surface area contributed by atoms with Crippen molar-refractivity contribution in [2.24, 2.45) is 5.92 Å². The molecule has 1 heterocycles. The second-order valence-corrected chi connectivity index (χ2v) is 4.48. The van der Waals surface area contributed by atoms with Crippen LogP contribution in [-0.4, -0.2) is 21.0 Å². The number of aromatic nitrogens is 2. The van der Waals surface area contributed by atoms with E-state index in [9.17, 15) is 4.79 Å². The highest BCUT2D eigenvalue weighted by atomic mass is 16.4. The van der Waals surface area contributed by atoms with Crippen LogP contribution in [0.1, 0.15) is 43.0 Å². The van der Waals surface area contributed by atoms with E-state index in [4.69, 9.17) is 5.11 Å². The highest BCUT2D eigenvalue weighted by Crippen LogP contribution is 2.16. The molecular formula is C13H20N2O2. The molecule has 1 rings (SSSR count). The van der Waals surface area contributed by atoms with Crippen molar-refractivity contribution in [3.05, 3.63) is 22.8 Å². The van der Waals surface area contributed by atoms with Crippen LogP contribution in [0, 0.1) is 19.8 Å². The van der Waals surface area contributed by atoms with Gasteiger partial charge >= 0.3 is 5.97 Å². The molecule has 17 heavy (non-hydrogen) atoms. The van der Waals surface area contributed by atoms with Crippen molar-refractivity contribution in [2.75, 3.05) is 0 Å². The molecule has 0 fully saturated rings. The number of carboxylic acid groups (broad SMARTS) is 1. The summed E-state index contributed by atoms with van der Waals surface area (Å²) in [6, 6.07) is 0. The number of aryl methyl sites for hydroxylation is 3. The molecule has 0 amide bonds. The zero-order chi connectivity index (χ0) is 13.0. The van der Waals surface area contributed by atoms with Gasteiger partial charge in [0.1, 0.15) is 5.82 Å². The quantitative estimate of drug-likeness (QED) is 0.852. The fraction of sp³-hybridized carbons (Fsp3) is 0.615. The van der Waals surface area contributed by atoms with Crippen LogP contribution in [0.4, 0.5) is 0 Å². The summed E-state index contributed by atoms with van der Waals surface area (Å²) in [4.78, 5) is 19.7. The number of hydrogen-bond acceptors (Lipinski definition) is 3. The van der Waals surface area contributed by atoms with Gasteiger partial charge in [-0.3, -0.25) is 4.79 Å². The van der Waals surface area contributed by atoms with Gasteiger partial charge in [-0.2, -0.15) is 0 Å². The lowest BCUT2D eigenvalue weighted by Crippen LogP contribution is -2.15. The minimum atomic E-state index is -0.776.